The Morgan fingerprint density at radius 2 is 2.10 bits per heavy atom. The molecule has 5 heteroatoms. The van der Waals surface area contributed by atoms with Crippen molar-refractivity contribution in [3.05, 3.63) is 23.0 Å². The molecule has 1 atom stereocenters. The van der Waals surface area contributed by atoms with E-state index < -0.39 is 0 Å². The summed E-state index contributed by atoms with van der Waals surface area (Å²) in [6, 6.07) is 0.746. The average molecular weight is 292 g/mol. The van der Waals surface area contributed by atoms with Crippen LogP contribution in [0.1, 0.15) is 56.8 Å². The highest BCUT2D eigenvalue weighted by atomic mass is 32.1. The Labute approximate surface area is 125 Å². The molecule has 0 saturated heterocycles. The van der Waals surface area contributed by atoms with Gasteiger partial charge in [-0.25, -0.2) is 4.98 Å². The smallest absolute Gasteiger partial charge is 0.127 e. The fraction of sp³-hybridized carbons (Fsp3) is 0.600. The maximum atomic E-state index is 4.71. The third kappa shape index (κ3) is 3.27. The van der Waals surface area contributed by atoms with Gasteiger partial charge in [0.1, 0.15) is 5.01 Å². The van der Waals surface area contributed by atoms with E-state index >= 15 is 0 Å². The van der Waals surface area contributed by atoms with Crippen molar-refractivity contribution in [2.24, 2.45) is 0 Å². The Balaban J connectivity index is 2.21. The zero-order valence-electron chi connectivity index (χ0n) is 13.0. The third-order valence-corrected chi connectivity index (χ3v) is 4.69. The number of nitrogens with zero attached hydrogens (tertiary/aromatic N) is 3. The second-order valence-corrected chi connectivity index (χ2v) is 6.48. The molecule has 0 spiro atoms. The largest absolute Gasteiger partial charge is 0.309 e. The van der Waals surface area contributed by atoms with Crippen LogP contribution in [0.15, 0.2) is 12.4 Å². The SMILES string of the molecule is CCCNC(C)c1sc(-c2cnn(C(C)C)c2)nc1C. The first-order valence-corrected chi connectivity index (χ1v) is 8.09. The summed E-state index contributed by atoms with van der Waals surface area (Å²) in [6.07, 6.45) is 5.14. The fourth-order valence-corrected chi connectivity index (χ4v) is 3.19. The van der Waals surface area contributed by atoms with Gasteiger partial charge in [-0.05, 0) is 40.7 Å². The van der Waals surface area contributed by atoms with Gasteiger partial charge in [0.25, 0.3) is 0 Å². The lowest BCUT2D eigenvalue weighted by atomic mass is 10.2. The van der Waals surface area contributed by atoms with Crippen LogP contribution in [0.5, 0.6) is 0 Å². The van der Waals surface area contributed by atoms with E-state index in [-0.39, 0.29) is 0 Å². The summed E-state index contributed by atoms with van der Waals surface area (Å²) in [5.74, 6) is 0. The van der Waals surface area contributed by atoms with Gasteiger partial charge < -0.3 is 5.32 Å². The summed E-state index contributed by atoms with van der Waals surface area (Å²) >= 11 is 1.77. The van der Waals surface area contributed by atoms with Gasteiger partial charge >= 0.3 is 0 Å². The first-order valence-electron chi connectivity index (χ1n) is 7.28. The number of aromatic nitrogens is 3. The summed E-state index contributed by atoms with van der Waals surface area (Å²) in [6.45, 7) is 11.8. The van der Waals surface area contributed by atoms with Crippen molar-refractivity contribution in [3.63, 3.8) is 0 Å². The summed E-state index contributed by atoms with van der Waals surface area (Å²) in [5.41, 5.74) is 2.24. The molecular weight excluding hydrogens is 268 g/mol. The van der Waals surface area contributed by atoms with Crippen LogP contribution >= 0.6 is 11.3 Å². The molecule has 2 rings (SSSR count). The zero-order valence-corrected chi connectivity index (χ0v) is 13.8. The van der Waals surface area contributed by atoms with Gasteiger partial charge in [0.2, 0.25) is 0 Å². The molecule has 1 N–H and O–H groups in total. The standard InChI is InChI=1S/C15H24N4S/c1-6-7-16-11(4)14-12(5)18-15(20-14)13-8-17-19(9-13)10(2)3/h8-11,16H,6-7H2,1-5H3. The highest BCUT2D eigenvalue weighted by Crippen LogP contribution is 2.31. The van der Waals surface area contributed by atoms with Gasteiger partial charge in [-0.2, -0.15) is 5.10 Å². The first-order chi connectivity index (χ1) is 9.52. The minimum atomic E-state index is 0.362. The molecule has 2 aromatic heterocycles. The normalized spacial score (nSPS) is 13.1. The van der Waals surface area contributed by atoms with Crippen LogP contribution in [0.2, 0.25) is 0 Å². The lowest BCUT2D eigenvalue weighted by molar-refractivity contribution is 0.532. The predicted molar refractivity (Wildman–Crippen MR) is 85.2 cm³/mol. The van der Waals surface area contributed by atoms with Gasteiger partial charge in [-0.1, -0.05) is 6.92 Å². The number of thiazole rings is 1. The number of hydrogen-bond acceptors (Lipinski definition) is 4. The molecule has 2 heterocycles. The quantitative estimate of drug-likeness (QED) is 0.876. The highest BCUT2D eigenvalue weighted by Gasteiger charge is 2.16. The number of nitrogens with one attached hydrogen (secondary N) is 1. The van der Waals surface area contributed by atoms with E-state index in [1.54, 1.807) is 11.3 Å². The fourth-order valence-electron chi connectivity index (χ4n) is 2.12. The lowest BCUT2D eigenvalue weighted by Gasteiger charge is -2.11. The molecule has 0 aliphatic carbocycles. The van der Waals surface area contributed by atoms with Crippen molar-refractivity contribution in [1.82, 2.24) is 20.1 Å². The second-order valence-electron chi connectivity index (χ2n) is 5.45. The van der Waals surface area contributed by atoms with Crippen LogP contribution in [0, 0.1) is 6.92 Å². The Hall–Kier alpha value is -1.20. The van der Waals surface area contributed by atoms with E-state index in [4.69, 9.17) is 4.98 Å². The molecule has 0 fully saturated rings. The molecular formula is C15H24N4S. The van der Waals surface area contributed by atoms with Crippen LogP contribution in [0.3, 0.4) is 0 Å². The lowest BCUT2D eigenvalue weighted by Crippen LogP contribution is -2.18. The molecule has 0 saturated carbocycles. The summed E-state index contributed by atoms with van der Waals surface area (Å²) < 4.78 is 1.98. The van der Waals surface area contributed by atoms with E-state index in [0.29, 0.717) is 12.1 Å². The van der Waals surface area contributed by atoms with Crippen LogP contribution in [-0.4, -0.2) is 21.3 Å². The zero-order chi connectivity index (χ0) is 14.7. The molecule has 0 bridgehead atoms. The maximum Gasteiger partial charge on any atom is 0.127 e. The van der Waals surface area contributed by atoms with Crippen molar-refractivity contribution in [1.29, 1.82) is 0 Å². The minimum Gasteiger partial charge on any atom is -0.309 e. The molecule has 1 unspecified atom stereocenters. The molecule has 0 aromatic carbocycles. The van der Waals surface area contributed by atoms with Crippen molar-refractivity contribution in [3.8, 4) is 10.6 Å². The molecule has 2 aromatic rings. The van der Waals surface area contributed by atoms with E-state index in [0.717, 1.165) is 29.2 Å². The molecule has 0 aliphatic heterocycles. The molecule has 0 radical (unpaired) electrons. The monoisotopic (exact) mass is 292 g/mol. The van der Waals surface area contributed by atoms with Crippen molar-refractivity contribution < 1.29 is 0 Å². The third-order valence-electron chi connectivity index (χ3n) is 3.30. The van der Waals surface area contributed by atoms with Crippen molar-refractivity contribution >= 4 is 11.3 Å². The topological polar surface area (TPSA) is 42.7 Å². The molecule has 0 aliphatic rings. The van der Waals surface area contributed by atoms with Crippen molar-refractivity contribution in [2.45, 2.75) is 53.1 Å². The second kappa shape index (κ2) is 6.50. The Bertz CT molecular complexity index is 556. The number of aryl methyl sites for hydroxylation is 1. The molecule has 20 heavy (non-hydrogen) atoms. The highest BCUT2D eigenvalue weighted by molar-refractivity contribution is 7.15. The van der Waals surface area contributed by atoms with Gasteiger partial charge in [0, 0.05) is 28.7 Å². The van der Waals surface area contributed by atoms with Crippen molar-refractivity contribution in [2.75, 3.05) is 6.54 Å². The van der Waals surface area contributed by atoms with Gasteiger partial charge in [-0.3, -0.25) is 4.68 Å². The minimum absolute atomic E-state index is 0.362. The Kier molecular flexibility index (Phi) is 4.94. The van der Waals surface area contributed by atoms with Gasteiger partial charge in [0.15, 0.2) is 0 Å². The summed E-state index contributed by atoms with van der Waals surface area (Å²) in [5, 5.41) is 8.98. The number of hydrogen-bond donors (Lipinski definition) is 1. The van der Waals surface area contributed by atoms with Gasteiger partial charge in [0.05, 0.1) is 11.9 Å². The maximum absolute atomic E-state index is 4.71. The van der Waals surface area contributed by atoms with Crippen LogP contribution in [0.25, 0.3) is 10.6 Å². The molecule has 110 valence electrons. The van der Waals surface area contributed by atoms with Gasteiger partial charge in [-0.15, -0.1) is 11.3 Å². The Morgan fingerprint density at radius 3 is 2.70 bits per heavy atom. The van der Waals surface area contributed by atoms with E-state index in [1.807, 2.05) is 10.9 Å². The van der Waals surface area contributed by atoms with Crippen LogP contribution in [-0.2, 0) is 0 Å². The van der Waals surface area contributed by atoms with E-state index in [1.165, 1.54) is 4.88 Å². The van der Waals surface area contributed by atoms with E-state index in [2.05, 4.69) is 51.2 Å². The molecule has 4 nitrogen and oxygen atoms in total. The first kappa shape index (κ1) is 15.2. The number of rotatable bonds is 6. The predicted octanol–water partition coefficient (Wildman–Crippen LogP) is 3.96. The summed E-state index contributed by atoms with van der Waals surface area (Å²) in [4.78, 5) is 6.03. The van der Waals surface area contributed by atoms with Crippen LogP contribution < -0.4 is 5.32 Å². The Morgan fingerprint density at radius 1 is 1.35 bits per heavy atom. The van der Waals surface area contributed by atoms with Crippen LogP contribution in [0.4, 0.5) is 0 Å². The summed E-state index contributed by atoms with van der Waals surface area (Å²) in [7, 11) is 0. The van der Waals surface area contributed by atoms with E-state index in [9.17, 15) is 0 Å². The average Bonchev–Trinajstić information content (AvgIpc) is 3.02. The molecule has 0 amide bonds.